The van der Waals surface area contributed by atoms with E-state index in [9.17, 15) is 0 Å². The largest absolute Gasteiger partial charge is 0.481 e. The van der Waals surface area contributed by atoms with Crippen LogP contribution in [-0.2, 0) is 0 Å². The SMILES string of the molecule is COc1ccc(N)c(N(CCN(C)C)CC(C)C)n1. The van der Waals surface area contributed by atoms with E-state index in [1.807, 2.05) is 6.07 Å². The van der Waals surface area contributed by atoms with Crippen LogP contribution in [0.5, 0.6) is 5.88 Å². The van der Waals surface area contributed by atoms with E-state index in [2.05, 4.69) is 42.7 Å². The zero-order chi connectivity index (χ0) is 14.4. The van der Waals surface area contributed by atoms with Crippen LogP contribution >= 0.6 is 0 Å². The molecular formula is C14H26N4O. The molecule has 0 radical (unpaired) electrons. The van der Waals surface area contributed by atoms with Crippen molar-refractivity contribution >= 4 is 11.5 Å². The van der Waals surface area contributed by atoms with Crippen LogP contribution in [0.4, 0.5) is 11.5 Å². The Labute approximate surface area is 116 Å². The van der Waals surface area contributed by atoms with Crippen LogP contribution in [0, 0.1) is 5.92 Å². The van der Waals surface area contributed by atoms with Crippen molar-refractivity contribution in [1.82, 2.24) is 9.88 Å². The Hall–Kier alpha value is -1.49. The van der Waals surface area contributed by atoms with E-state index in [-0.39, 0.29) is 0 Å². The predicted molar refractivity (Wildman–Crippen MR) is 80.8 cm³/mol. The van der Waals surface area contributed by atoms with E-state index in [0.717, 1.165) is 25.5 Å². The molecule has 0 atom stereocenters. The first-order chi connectivity index (χ1) is 8.93. The van der Waals surface area contributed by atoms with Crippen molar-refractivity contribution in [3.05, 3.63) is 12.1 Å². The topological polar surface area (TPSA) is 54.6 Å². The molecular weight excluding hydrogens is 240 g/mol. The lowest BCUT2D eigenvalue weighted by Crippen LogP contribution is -2.35. The van der Waals surface area contributed by atoms with Crippen LogP contribution in [0.15, 0.2) is 12.1 Å². The fourth-order valence-corrected chi connectivity index (χ4v) is 1.85. The Kier molecular flexibility index (Phi) is 5.89. The van der Waals surface area contributed by atoms with Gasteiger partial charge in [0.2, 0.25) is 5.88 Å². The monoisotopic (exact) mass is 266 g/mol. The van der Waals surface area contributed by atoms with Gasteiger partial charge in [0.05, 0.1) is 12.8 Å². The zero-order valence-electron chi connectivity index (χ0n) is 12.7. The number of nitrogens with zero attached hydrogens (tertiary/aromatic N) is 3. The summed E-state index contributed by atoms with van der Waals surface area (Å²) in [7, 11) is 5.75. The number of nitrogen functional groups attached to an aromatic ring is 1. The molecule has 1 aromatic rings. The van der Waals surface area contributed by atoms with Gasteiger partial charge in [0.15, 0.2) is 5.82 Å². The van der Waals surface area contributed by atoms with Crippen LogP contribution in [0.25, 0.3) is 0 Å². The molecule has 19 heavy (non-hydrogen) atoms. The van der Waals surface area contributed by atoms with Crippen molar-refractivity contribution in [3.8, 4) is 5.88 Å². The van der Waals surface area contributed by atoms with Crippen molar-refractivity contribution in [2.45, 2.75) is 13.8 Å². The van der Waals surface area contributed by atoms with Gasteiger partial charge < -0.3 is 20.3 Å². The number of aromatic nitrogens is 1. The number of methoxy groups -OCH3 is 1. The van der Waals surface area contributed by atoms with E-state index >= 15 is 0 Å². The average Bonchev–Trinajstić information content (AvgIpc) is 2.34. The van der Waals surface area contributed by atoms with Gasteiger partial charge >= 0.3 is 0 Å². The standard InChI is InChI=1S/C14H26N4O/c1-11(2)10-18(9-8-17(3)4)14-12(15)6-7-13(16-14)19-5/h6-7,11H,8-10,15H2,1-5H3. The molecule has 0 amide bonds. The molecule has 0 bridgehead atoms. The lowest BCUT2D eigenvalue weighted by atomic mass is 10.2. The zero-order valence-corrected chi connectivity index (χ0v) is 12.7. The van der Waals surface area contributed by atoms with Gasteiger partial charge in [-0.3, -0.25) is 0 Å². The smallest absolute Gasteiger partial charge is 0.215 e. The lowest BCUT2D eigenvalue weighted by Gasteiger charge is -2.28. The van der Waals surface area contributed by atoms with Crippen LogP contribution < -0.4 is 15.4 Å². The number of likely N-dealkylation sites (N-methyl/N-ethyl adjacent to an activating group) is 1. The van der Waals surface area contributed by atoms with Gasteiger partial charge in [-0.25, -0.2) is 0 Å². The van der Waals surface area contributed by atoms with E-state index in [0.29, 0.717) is 17.5 Å². The highest BCUT2D eigenvalue weighted by Crippen LogP contribution is 2.24. The highest BCUT2D eigenvalue weighted by Gasteiger charge is 2.14. The van der Waals surface area contributed by atoms with Gasteiger partial charge in [0, 0.05) is 25.7 Å². The van der Waals surface area contributed by atoms with Gasteiger partial charge in [0.1, 0.15) is 0 Å². The summed E-state index contributed by atoms with van der Waals surface area (Å²) in [5.74, 6) is 1.97. The van der Waals surface area contributed by atoms with Crippen molar-refractivity contribution in [1.29, 1.82) is 0 Å². The summed E-state index contributed by atoms with van der Waals surface area (Å²) in [6, 6.07) is 3.64. The third kappa shape index (κ3) is 4.95. The third-order valence-corrected chi connectivity index (χ3v) is 2.79. The Bertz CT molecular complexity index is 393. The number of anilines is 2. The predicted octanol–water partition coefficient (Wildman–Crippen LogP) is 1.70. The van der Waals surface area contributed by atoms with Crippen molar-refractivity contribution in [3.63, 3.8) is 0 Å². The Morgan fingerprint density at radius 1 is 1.26 bits per heavy atom. The van der Waals surface area contributed by atoms with Crippen LogP contribution in [-0.4, -0.2) is 50.7 Å². The van der Waals surface area contributed by atoms with E-state index in [1.165, 1.54) is 0 Å². The summed E-state index contributed by atoms with van der Waals surface area (Å²) in [5.41, 5.74) is 6.75. The van der Waals surface area contributed by atoms with Crippen LogP contribution in [0.2, 0.25) is 0 Å². The van der Waals surface area contributed by atoms with Gasteiger partial charge in [-0.05, 0) is 26.1 Å². The highest BCUT2D eigenvalue weighted by molar-refractivity contribution is 5.63. The molecule has 1 aromatic heterocycles. The molecule has 1 heterocycles. The minimum atomic E-state index is 0.551. The summed E-state index contributed by atoms with van der Waals surface area (Å²) in [6.07, 6.45) is 0. The fraction of sp³-hybridized carbons (Fsp3) is 0.643. The average molecular weight is 266 g/mol. The summed E-state index contributed by atoms with van der Waals surface area (Å²) in [4.78, 5) is 8.86. The third-order valence-electron chi connectivity index (χ3n) is 2.79. The summed E-state index contributed by atoms with van der Waals surface area (Å²) in [5, 5.41) is 0. The normalized spacial score (nSPS) is 11.1. The summed E-state index contributed by atoms with van der Waals surface area (Å²) in [6.45, 7) is 7.18. The van der Waals surface area contributed by atoms with E-state index in [4.69, 9.17) is 10.5 Å². The van der Waals surface area contributed by atoms with Crippen molar-refractivity contribution in [2.75, 3.05) is 51.5 Å². The molecule has 0 fully saturated rings. The molecule has 0 unspecified atom stereocenters. The maximum atomic E-state index is 6.05. The maximum Gasteiger partial charge on any atom is 0.215 e. The quantitative estimate of drug-likeness (QED) is 0.814. The molecule has 0 spiro atoms. The molecule has 2 N–H and O–H groups in total. The van der Waals surface area contributed by atoms with Crippen molar-refractivity contribution < 1.29 is 4.74 Å². The number of ether oxygens (including phenoxy) is 1. The summed E-state index contributed by atoms with van der Waals surface area (Å²) < 4.78 is 5.19. The number of hydrogen-bond donors (Lipinski definition) is 1. The second kappa shape index (κ2) is 7.19. The molecule has 108 valence electrons. The number of hydrogen-bond acceptors (Lipinski definition) is 5. The first kappa shape index (κ1) is 15.6. The minimum absolute atomic E-state index is 0.551. The number of nitrogens with two attached hydrogens (primary N) is 1. The maximum absolute atomic E-state index is 6.05. The molecule has 0 aliphatic rings. The lowest BCUT2D eigenvalue weighted by molar-refractivity contribution is 0.394. The van der Waals surface area contributed by atoms with Gasteiger partial charge in [-0.1, -0.05) is 13.8 Å². The Morgan fingerprint density at radius 3 is 2.47 bits per heavy atom. The molecule has 5 heteroatoms. The van der Waals surface area contributed by atoms with E-state index < -0.39 is 0 Å². The first-order valence-corrected chi connectivity index (χ1v) is 6.64. The second-order valence-corrected chi connectivity index (χ2v) is 5.41. The van der Waals surface area contributed by atoms with Crippen LogP contribution in [0.1, 0.15) is 13.8 Å². The van der Waals surface area contributed by atoms with Gasteiger partial charge in [-0.15, -0.1) is 0 Å². The minimum Gasteiger partial charge on any atom is -0.481 e. The van der Waals surface area contributed by atoms with E-state index in [1.54, 1.807) is 13.2 Å². The van der Waals surface area contributed by atoms with Gasteiger partial charge in [-0.2, -0.15) is 4.98 Å². The fourth-order valence-electron chi connectivity index (χ4n) is 1.85. The molecule has 0 aliphatic carbocycles. The number of rotatable bonds is 7. The number of pyridine rings is 1. The van der Waals surface area contributed by atoms with Gasteiger partial charge in [0.25, 0.3) is 0 Å². The molecule has 0 aliphatic heterocycles. The Morgan fingerprint density at radius 2 is 1.95 bits per heavy atom. The first-order valence-electron chi connectivity index (χ1n) is 6.64. The molecule has 1 rings (SSSR count). The molecule has 5 nitrogen and oxygen atoms in total. The molecule has 0 saturated carbocycles. The highest BCUT2D eigenvalue weighted by atomic mass is 16.5. The molecule has 0 aromatic carbocycles. The van der Waals surface area contributed by atoms with Crippen LogP contribution in [0.3, 0.4) is 0 Å². The molecule has 0 saturated heterocycles. The van der Waals surface area contributed by atoms with Crippen molar-refractivity contribution in [2.24, 2.45) is 5.92 Å². The summed E-state index contributed by atoms with van der Waals surface area (Å²) >= 11 is 0. The second-order valence-electron chi connectivity index (χ2n) is 5.41. The Balaban J connectivity index is 2.94.